The number of aliphatic hydroxyl groups is 1. The highest BCUT2D eigenvalue weighted by Crippen LogP contribution is 2.30. The summed E-state index contributed by atoms with van der Waals surface area (Å²) in [6.45, 7) is 2.37. The fraction of sp³-hybridized carbons (Fsp3) is 0.368. The minimum atomic E-state index is -0.728. The first-order chi connectivity index (χ1) is 12.1. The molecule has 0 radical (unpaired) electrons. The van der Waals surface area contributed by atoms with E-state index in [0.29, 0.717) is 11.6 Å². The molecule has 0 aliphatic heterocycles. The predicted molar refractivity (Wildman–Crippen MR) is 98.9 cm³/mol. The Bertz CT molecular complexity index is 914. The van der Waals surface area contributed by atoms with Gasteiger partial charge in [-0.15, -0.1) is 11.3 Å². The normalized spacial score (nSPS) is 18.1. The quantitative estimate of drug-likeness (QED) is 0.672. The second-order valence-corrected chi connectivity index (χ2v) is 7.70. The van der Waals surface area contributed by atoms with Crippen molar-refractivity contribution < 1.29 is 9.90 Å². The Morgan fingerprint density at radius 1 is 1.48 bits per heavy atom. The smallest absolute Gasteiger partial charge is 0.272 e. The van der Waals surface area contributed by atoms with E-state index < -0.39 is 6.10 Å². The van der Waals surface area contributed by atoms with Gasteiger partial charge in [-0.05, 0) is 42.0 Å². The molecule has 2 aromatic heterocycles. The zero-order chi connectivity index (χ0) is 17.4. The summed E-state index contributed by atoms with van der Waals surface area (Å²) >= 11 is 1.60. The lowest BCUT2D eigenvalue weighted by Crippen LogP contribution is -2.29. The van der Waals surface area contributed by atoms with Crippen LogP contribution in [0.5, 0.6) is 0 Å². The lowest BCUT2D eigenvalue weighted by atomic mass is 9.87. The third kappa shape index (κ3) is 3.07. The van der Waals surface area contributed by atoms with Crippen molar-refractivity contribution in [2.75, 3.05) is 6.54 Å². The van der Waals surface area contributed by atoms with Gasteiger partial charge < -0.3 is 10.4 Å². The zero-order valence-electron chi connectivity index (χ0n) is 14.1. The molecule has 1 aromatic carbocycles. The molecule has 25 heavy (non-hydrogen) atoms. The van der Waals surface area contributed by atoms with E-state index in [1.54, 1.807) is 11.3 Å². The second kappa shape index (κ2) is 6.61. The molecule has 3 N–H and O–H groups in total. The third-order valence-corrected chi connectivity index (χ3v) is 5.92. The highest BCUT2D eigenvalue weighted by molar-refractivity contribution is 7.17. The standard InChI is InChI=1S/C19H21N3O2S/c1-11-6-7-15-13(8-11)18(22-21-15)19(24)20-9-16(23)14-10-25-17-5-3-2-4-12(14)17/h2-5,10-11,16,23H,6-9H2,1H3,(H,20,24)(H,21,22). The third-order valence-electron chi connectivity index (χ3n) is 4.93. The number of aliphatic hydroxyl groups excluding tert-OH is 1. The number of benzene rings is 1. The number of aryl methyl sites for hydroxylation is 1. The van der Waals surface area contributed by atoms with Crippen LogP contribution < -0.4 is 5.32 Å². The Balaban J connectivity index is 1.46. The van der Waals surface area contributed by atoms with E-state index in [1.807, 2.05) is 29.6 Å². The van der Waals surface area contributed by atoms with Crippen LogP contribution in [0.1, 0.15) is 46.8 Å². The highest BCUT2D eigenvalue weighted by Gasteiger charge is 2.25. The zero-order valence-corrected chi connectivity index (χ0v) is 14.9. The topological polar surface area (TPSA) is 78.0 Å². The van der Waals surface area contributed by atoms with E-state index in [1.165, 1.54) is 0 Å². The van der Waals surface area contributed by atoms with Crippen LogP contribution in [0.3, 0.4) is 0 Å². The number of rotatable bonds is 4. The number of carbonyl (C=O) groups is 1. The maximum Gasteiger partial charge on any atom is 0.272 e. The number of aromatic amines is 1. The van der Waals surface area contributed by atoms with Crippen LogP contribution in [-0.2, 0) is 12.8 Å². The molecule has 1 aliphatic carbocycles. The Hall–Kier alpha value is -2.18. The van der Waals surface area contributed by atoms with Crippen LogP contribution in [0.25, 0.3) is 10.1 Å². The number of nitrogens with zero attached hydrogens (tertiary/aromatic N) is 1. The SMILES string of the molecule is CC1CCc2[nH]nc(C(=O)NCC(O)c3csc4ccccc34)c2C1. The van der Waals surface area contributed by atoms with Gasteiger partial charge in [0.15, 0.2) is 5.69 Å². The van der Waals surface area contributed by atoms with Gasteiger partial charge in [0.1, 0.15) is 0 Å². The first-order valence-corrected chi connectivity index (χ1v) is 9.50. The average Bonchev–Trinajstić information content (AvgIpc) is 3.23. The number of carbonyl (C=O) groups excluding carboxylic acids is 1. The molecule has 5 nitrogen and oxygen atoms in total. The minimum Gasteiger partial charge on any atom is -0.387 e. The summed E-state index contributed by atoms with van der Waals surface area (Å²) in [6.07, 6.45) is 2.22. The van der Waals surface area contributed by atoms with Gasteiger partial charge >= 0.3 is 0 Å². The Morgan fingerprint density at radius 3 is 3.20 bits per heavy atom. The molecule has 3 aromatic rings. The molecular formula is C19H21N3O2S. The van der Waals surface area contributed by atoms with Gasteiger partial charge in [0.25, 0.3) is 5.91 Å². The van der Waals surface area contributed by atoms with Crippen molar-refractivity contribution in [1.82, 2.24) is 15.5 Å². The molecule has 130 valence electrons. The number of hydrogen-bond acceptors (Lipinski definition) is 4. The van der Waals surface area contributed by atoms with Crippen molar-refractivity contribution in [1.29, 1.82) is 0 Å². The molecule has 4 rings (SSSR count). The fourth-order valence-electron chi connectivity index (χ4n) is 3.50. The van der Waals surface area contributed by atoms with Crippen molar-refractivity contribution >= 4 is 27.3 Å². The number of hydrogen-bond donors (Lipinski definition) is 3. The molecule has 1 amide bonds. The first-order valence-electron chi connectivity index (χ1n) is 8.62. The largest absolute Gasteiger partial charge is 0.387 e. The molecule has 6 heteroatoms. The Kier molecular flexibility index (Phi) is 4.31. The summed E-state index contributed by atoms with van der Waals surface area (Å²) in [7, 11) is 0. The van der Waals surface area contributed by atoms with E-state index >= 15 is 0 Å². The molecule has 0 spiro atoms. The number of nitrogens with one attached hydrogen (secondary N) is 2. The molecular weight excluding hydrogens is 334 g/mol. The van der Waals surface area contributed by atoms with Gasteiger partial charge in [0, 0.05) is 28.1 Å². The van der Waals surface area contributed by atoms with E-state index in [4.69, 9.17) is 0 Å². The van der Waals surface area contributed by atoms with Gasteiger partial charge in [-0.1, -0.05) is 25.1 Å². The molecule has 0 saturated heterocycles. The maximum absolute atomic E-state index is 12.5. The molecule has 0 bridgehead atoms. The molecule has 0 saturated carbocycles. The second-order valence-electron chi connectivity index (χ2n) is 6.79. The van der Waals surface area contributed by atoms with Crippen LogP contribution in [0.4, 0.5) is 0 Å². The molecule has 1 aliphatic rings. The van der Waals surface area contributed by atoms with Crippen LogP contribution >= 0.6 is 11.3 Å². The molecule has 2 unspecified atom stereocenters. The molecule has 2 heterocycles. The van der Waals surface area contributed by atoms with Crippen LogP contribution in [0.2, 0.25) is 0 Å². The summed E-state index contributed by atoms with van der Waals surface area (Å²) < 4.78 is 1.14. The summed E-state index contributed by atoms with van der Waals surface area (Å²) in [5, 5.41) is 23.5. The highest BCUT2D eigenvalue weighted by atomic mass is 32.1. The lowest BCUT2D eigenvalue weighted by Gasteiger charge is -2.18. The van der Waals surface area contributed by atoms with Crippen molar-refractivity contribution in [3.63, 3.8) is 0 Å². The Labute approximate surface area is 150 Å². The first kappa shape index (κ1) is 16.3. The average molecular weight is 355 g/mol. The summed E-state index contributed by atoms with van der Waals surface area (Å²) in [4.78, 5) is 12.5. The maximum atomic E-state index is 12.5. The molecule has 2 atom stereocenters. The van der Waals surface area contributed by atoms with Gasteiger partial charge in [-0.2, -0.15) is 5.10 Å². The number of aromatic nitrogens is 2. The van der Waals surface area contributed by atoms with E-state index in [2.05, 4.69) is 22.4 Å². The van der Waals surface area contributed by atoms with Gasteiger partial charge in [-0.3, -0.25) is 9.89 Å². The minimum absolute atomic E-state index is 0.177. The van der Waals surface area contributed by atoms with Crippen molar-refractivity contribution in [2.24, 2.45) is 5.92 Å². The van der Waals surface area contributed by atoms with Crippen LogP contribution in [-0.4, -0.2) is 27.8 Å². The summed E-state index contributed by atoms with van der Waals surface area (Å²) in [6, 6.07) is 7.98. The predicted octanol–water partition coefficient (Wildman–Crippen LogP) is 3.21. The number of amides is 1. The van der Waals surface area contributed by atoms with E-state index in [9.17, 15) is 9.90 Å². The van der Waals surface area contributed by atoms with Crippen molar-refractivity contribution in [2.45, 2.75) is 32.3 Å². The lowest BCUT2D eigenvalue weighted by molar-refractivity contribution is 0.0911. The number of fused-ring (bicyclic) bond motifs is 2. The summed E-state index contributed by atoms with van der Waals surface area (Å²) in [5.74, 6) is 0.351. The number of thiophene rings is 1. The Morgan fingerprint density at radius 2 is 2.32 bits per heavy atom. The van der Waals surface area contributed by atoms with E-state index in [0.717, 1.165) is 46.2 Å². The van der Waals surface area contributed by atoms with Gasteiger partial charge in [-0.25, -0.2) is 0 Å². The summed E-state index contributed by atoms with van der Waals surface area (Å²) in [5.41, 5.74) is 3.45. The monoisotopic (exact) mass is 355 g/mol. The van der Waals surface area contributed by atoms with Crippen LogP contribution in [0.15, 0.2) is 29.6 Å². The van der Waals surface area contributed by atoms with E-state index in [-0.39, 0.29) is 12.5 Å². The van der Waals surface area contributed by atoms with Gasteiger partial charge in [0.2, 0.25) is 0 Å². The molecule has 0 fully saturated rings. The number of H-pyrrole nitrogens is 1. The van der Waals surface area contributed by atoms with Gasteiger partial charge in [0.05, 0.1) is 6.10 Å². The fourth-order valence-corrected chi connectivity index (χ4v) is 4.50. The van der Waals surface area contributed by atoms with Crippen molar-refractivity contribution in [3.8, 4) is 0 Å². The van der Waals surface area contributed by atoms with Crippen molar-refractivity contribution in [3.05, 3.63) is 52.2 Å². The van der Waals surface area contributed by atoms with Crippen LogP contribution in [0, 0.1) is 5.92 Å².